The zero-order chi connectivity index (χ0) is 17.4. The molecule has 1 saturated heterocycles. The van der Waals surface area contributed by atoms with Crippen LogP contribution in [0.15, 0.2) is 21.9 Å². The lowest BCUT2D eigenvalue weighted by atomic mass is 10.0. The van der Waals surface area contributed by atoms with Crippen molar-refractivity contribution in [3.63, 3.8) is 0 Å². The van der Waals surface area contributed by atoms with Crippen molar-refractivity contribution in [1.29, 1.82) is 0 Å². The summed E-state index contributed by atoms with van der Waals surface area (Å²) in [4.78, 5) is 40.8. The van der Waals surface area contributed by atoms with Gasteiger partial charge < -0.3 is 10.6 Å². The van der Waals surface area contributed by atoms with Gasteiger partial charge in [-0.05, 0) is 32.4 Å². The van der Waals surface area contributed by atoms with Crippen molar-refractivity contribution < 1.29 is 4.79 Å². The van der Waals surface area contributed by atoms with Gasteiger partial charge in [-0.25, -0.2) is 9.78 Å². The van der Waals surface area contributed by atoms with Crippen LogP contribution in [0.2, 0.25) is 0 Å². The van der Waals surface area contributed by atoms with Gasteiger partial charge in [0.2, 0.25) is 0 Å². The molecule has 2 aromatic rings. The van der Waals surface area contributed by atoms with E-state index >= 15 is 0 Å². The van der Waals surface area contributed by atoms with E-state index in [1.165, 1.54) is 23.9 Å². The molecule has 0 saturated carbocycles. The summed E-state index contributed by atoms with van der Waals surface area (Å²) >= 11 is 0. The molecule has 1 fully saturated rings. The monoisotopic (exact) mass is 403 g/mol. The van der Waals surface area contributed by atoms with Gasteiger partial charge >= 0.3 is 5.69 Å². The predicted octanol–water partition coefficient (Wildman–Crippen LogP) is 0.346. The second-order valence-electron chi connectivity index (χ2n) is 6.35. The lowest BCUT2D eigenvalue weighted by Gasteiger charge is -2.28. The van der Waals surface area contributed by atoms with E-state index in [0.717, 1.165) is 24.0 Å². The third kappa shape index (κ3) is 4.08. The first-order valence-corrected chi connectivity index (χ1v) is 7.98. The van der Waals surface area contributed by atoms with Gasteiger partial charge in [0.1, 0.15) is 5.65 Å². The van der Waals surface area contributed by atoms with Crippen molar-refractivity contribution in [3.05, 3.63) is 38.7 Å². The van der Waals surface area contributed by atoms with E-state index in [-0.39, 0.29) is 47.8 Å². The fourth-order valence-electron chi connectivity index (χ4n) is 3.12. The highest BCUT2D eigenvalue weighted by Gasteiger charge is 2.21. The third-order valence-electron chi connectivity index (χ3n) is 4.51. The van der Waals surface area contributed by atoms with Crippen LogP contribution in [-0.2, 0) is 14.1 Å². The highest BCUT2D eigenvalue weighted by molar-refractivity contribution is 5.96. The Morgan fingerprint density at radius 3 is 2.62 bits per heavy atom. The van der Waals surface area contributed by atoms with Crippen molar-refractivity contribution in [3.8, 4) is 0 Å². The Balaban J connectivity index is 0.00000169. The van der Waals surface area contributed by atoms with Crippen molar-refractivity contribution in [1.82, 2.24) is 24.8 Å². The molecule has 2 aromatic heterocycles. The van der Waals surface area contributed by atoms with E-state index in [9.17, 15) is 14.4 Å². The zero-order valence-corrected chi connectivity index (χ0v) is 16.4. The minimum absolute atomic E-state index is 0. The van der Waals surface area contributed by atoms with Gasteiger partial charge in [0, 0.05) is 32.4 Å². The predicted molar refractivity (Wildman–Crippen MR) is 105 cm³/mol. The number of piperidine rings is 1. The molecule has 144 valence electrons. The van der Waals surface area contributed by atoms with E-state index < -0.39 is 11.2 Å². The summed E-state index contributed by atoms with van der Waals surface area (Å²) in [5, 5.41) is 6.58. The first kappa shape index (κ1) is 22.1. The number of halogens is 2. The number of nitrogens with zero attached hydrogens (tertiary/aromatic N) is 3. The molecular weight excluding hydrogens is 381 g/mol. The van der Waals surface area contributed by atoms with E-state index in [1.807, 2.05) is 0 Å². The molecule has 0 aliphatic carbocycles. The quantitative estimate of drug-likeness (QED) is 0.753. The number of carbonyl (C=O) groups excluding carboxylic acids is 1. The molecule has 3 rings (SSSR count). The number of nitrogens with one attached hydrogen (secondary N) is 2. The van der Waals surface area contributed by atoms with Crippen LogP contribution in [0, 0.1) is 0 Å². The number of hydrogen-bond acceptors (Lipinski definition) is 5. The normalized spacial score (nSPS) is 19.3. The summed E-state index contributed by atoms with van der Waals surface area (Å²) < 4.78 is 2.31. The standard InChI is InChI=1S/C16H21N5O3.2ClH/c1-9-6-11(4-5-17-9)19-14(22)10-7-12-13(18-8-10)20(2)16(24)21(3)15(12)23;;/h7-9,11,17H,4-6H2,1-3H3,(H,19,22);2*1H. The van der Waals surface area contributed by atoms with E-state index in [0.29, 0.717) is 11.6 Å². The number of carbonyl (C=O) groups is 1. The molecule has 0 bridgehead atoms. The minimum atomic E-state index is -0.453. The summed E-state index contributed by atoms with van der Waals surface area (Å²) in [6, 6.07) is 1.97. The molecule has 1 aliphatic rings. The van der Waals surface area contributed by atoms with Gasteiger partial charge in [-0.1, -0.05) is 0 Å². The highest BCUT2D eigenvalue weighted by atomic mass is 35.5. The molecule has 10 heteroatoms. The maximum atomic E-state index is 12.5. The van der Waals surface area contributed by atoms with Gasteiger partial charge in [0.25, 0.3) is 11.5 Å². The molecule has 2 N–H and O–H groups in total. The van der Waals surface area contributed by atoms with Crippen LogP contribution in [0.1, 0.15) is 30.1 Å². The highest BCUT2D eigenvalue weighted by Crippen LogP contribution is 2.11. The molecular formula is C16H23Cl2N5O3. The van der Waals surface area contributed by atoms with Crippen molar-refractivity contribution in [2.75, 3.05) is 6.54 Å². The number of pyridine rings is 1. The van der Waals surface area contributed by atoms with E-state index in [2.05, 4.69) is 22.5 Å². The van der Waals surface area contributed by atoms with Gasteiger partial charge in [0.05, 0.1) is 10.9 Å². The number of aromatic nitrogens is 3. The van der Waals surface area contributed by atoms with Crippen LogP contribution in [0.25, 0.3) is 11.0 Å². The first-order chi connectivity index (χ1) is 11.4. The number of rotatable bonds is 2. The first-order valence-electron chi connectivity index (χ1n) is 7.98. The third-order valence-corrected chi connectivity index (χ3v) is 4.51. The van der Waals surface area contributed by atoms with Crippen LogP contribution in [0.3, 0.4) is 0 Å². The maximum absolute atomic E-state index is 12.5. The summed E-state index contributed by atoms with van der Waals surface area (Å²) in [5.74, 6) is -0.251. The smallest absolute Gasteiger partial charge is 0.332 e. The van der Waals surface area contributed by atoms with Gasteiger partial charge in [-0.15, -0.1) is 24.8 Å². The number of amides is 1. The SMILES string of the molecule is CC1CC(NC(=O)c2cnc3c(c2)c(=O)n(C)c(=O)n3C)CCN1.Cl.Cl. The number of hydrogen-bond donors (Lipinski definition) is 2. The maximum Gasteiger partial charge on any atom is 0.332 e. The van der Waals surface area contributed by atoms with Crippen LogP contribution < -0.4 is 21.9 Å². The second kappa shape index (κ2) is 8.66. The van der Waals surface area contributed by atoms with Crippen molar-refractivity contribution >= 4 is 41.8 Å². The molecule has 0 spiro atoms. The molecule has 8 nitrogen and oxygen atoms in total. The second-order valence-corrected chi connectivity index (χ2v) is 6.35. The summed E-state index contributed by atoms with van der Waals surface area (Å²) in [6.45, 7) is 2.95. The Morgan fingerprint density at radius 2 is 1.96 bits per heavy atom. The molecule has 0 aromatic carbocycles. The van der Waals surface area contributed by atoms with Crippen LogP contribution >= 0.6 is 24.8 Å². The van der Waals surface area contributed by atoms with Crippen molar-refractivity contribution in [2.45, 2.75) is 31.8 Å². The molecule has 26 heavy (non-hydrogen) atoms. The van der Waals surface area contributed by atoms with Crippen LogP contribution in [0.4, 0.5) is 0 Å². The van der Waals surface area contributed by atoms with Gasteiger partial charge in [0.15, 0.2) is 0 Å². The molecule has 1 aliphatic heterocycles. The van der Waals surface area contributed by atoms with Crippen LogP contribution in [-0.4, -0.2) is 38.7 Å². The van der Waals surface area contributed by atoms with Crippen molar-refractivity contribution in [2.24, 2.45) is 14.1 Å². The Labute approximate surface area is 162 Å². The lowest BCUT2D eigenvalue weighted by molar-refractivity contribution is 0.0925. The van der Waals surface area contributed by atoms with Gasteiger partial charge in [-0.3, -0.25) is 18.7 Å². The average molecular weight is 404 g/mol. The topological polar surface area (TPSA) is 98.0 Å². The Kier molecular flexibility index (Phi) is 7.37. The van der Waals surface area contributed by atoms with Crippen LogP contribution in [0.5, 0.6) is 0 Å². The largest absolute Gasteiger partial charge is 0.349 e. The lowest BCUT2D eigenvalue weighted by Crippen LogP contribution is -2.46. The van der Waals surface area contributed by atoms with Gasteiger partial charge in [-0.2, -0.15) is 0 Å². The molecule has 1 amide bonds. The molecule has 0 radical (unpaired) electrons. The zero-order valence-electron chi connectivity index (χ0n) is 14.8. The number of aryl methyl sites for hydroxylation is 1. The summed E-state index contributed by atoms with van der Waals surface area (Å²) in [5.41, 5.74) is -0.300. The summed E-state index contributed by atoms with van der Waals surface area (Å²) in [6.07, 6.45) is 3.14. The van der Waals surface area contributed by atoms with E-state index in [1.54, 1.807) is 7.05 Å². The Bertz CT molecular complexity index is 924. The molecule has 2 atom stereocenters. The minimum Gasteiger partial charge on any atom is -0.349 e. The summed E-state index contributed by atoms with van der Waals surface area (Å²) in [7, 11) is 2.96. The van der Waals surface area contributed by atoms with E-state index in [4.69, 9.17) is 0 Å². The Morgan fingerprint density at radius 1 is 1.27 bits per heavy atom. The molecule has 3 heterocycles. The molecule has 2 unspecified atom stereocenters. The fourth-order valence-corrected chi connectivity index (χ4v) is 3.12. The number of fused-ring (bicyclic) bond motifs is 1. The Hall–Kier alpha value is -1.90. The fraction of sp³-hybridized carbons (Fsp3) is 0.500. The average Bonchev–Trinajstić information content (AvgIpc) is 2.57.